The molecule has 0 unspecified atom stereocenters. The van der Waals surface area contributed by atoms with Crippen LogP contribution in [0.5, 0.6) is 0 Å². The lowest BCUT2D eigenvalue weighted by atomic mass is 10.3. The van der Waals surface area contributed by atoms with E-state index in [2.05, 4.69) is 10.4 Å². The minimum absolute atomic E-state index is 0.00850. The van der Waals surface area contributed by atoms with Crippen molar-refractivity contribution in [3.05, 3.63) is 57.8 Å². The van der Waals surface area contributed by atoms with Crippen LogP contribution in [0, 0.1) is 5.82 Å². The van der Waals surface area contributed by atoms with Crippen LogP contribution in [0.2, 0.25) is 5.02 Å². The first-order valence-electron chi connectivity index (χ1n) is 6.83. The van der Waals surface area contributed by atoms with Gasteiger partial charge in [0.05, 0.1) is 27.9 Å². The summed E-state index contributed by atoms with van der Waals surface area (Å²) >= 11 is 7.06. The van der Waals surface area contributed by atoms with Crippen molar-refractivity contribution in [3.63, 3.8) is 0 Å². The molecule has 1 N–H and O–H groups in total. The number of halogens is 2. The van der Waals surface area contributed by atoms with Crippen molar-refractivity contribution in [1.82, 2.24) is 9.78 Å². The molecule has 2 heterocycles. The van der Waals surface area contributed by atoms with Crippen molar-refractivity contribution < 1.29 is 17.6 Å². The van der Waals surface area contributed by atoms with Crippen molar-refractivity contribution >= 4 is 44.4 Å². The number of amides is 1. The van der Waals surface area contributed by atoms with Gasteiger partial charge < -0.3 is 5.32 Å². The SMILES string of the molecule is CS(=O)(=O)c1cc(Cl)cc(NC(=O)c2cc(-n3cc(F)cn3)cs2)c1. The number of aromatic nitrogens is 2. The Labute approximate surface area is 151 Å². The van der Waals surface area contributed by atoms with Gasteiger partial charge in [0, 0.05) is 22.3 Å². The van der Waals surface area contributed by atoms with E-state index in [-0.39, 0.29) is 15.6 Å². The molecule has 0 saturated heterocycles. The number of rotatable bonds is 4. The predicted octanol–water partition coefficient (Wildman–Crippen LogP) is 3.38. The van der Waals surface area contributed by atoms with Crippen LogP contribution in [0.15, 0.2) is 46.9 Å². The van der Waals surface area contributed by atoms with Crippen LogP contribution in [0.3, 0.4) is 0 Å². The zero-order chi connectivity index (χ0) is 18.2. The van der Waals surface area contributed by atoms with Crippen molar-refractivity contribution in [2.75, 3.05) is 11.6 Å². The number of carbonyl (C=O) groups excluding carboxylic acids is 1. The molecule has 0 aliphatic carbocycles. The molecule has 0 spiro atoms. The Hall–Kier alpha value is -2.23. The quantitative estimate of drug-likeness (QED) is 0.729. The first-order valence-corrected chi connectivity index (χ1v) is 9.98. The molecule has 1 aromatic carbocycles. The summed E-state index contributed by atoms with van der Waals surface area (Å²) in [5.74, 6) is -0.921. The van der Waals surface area contributed by atoms with Gasteiger partial charge in [-0.2, -0.15) is 5.10 Å². The third-order valence-corrected chi connectivity index (χ3v) is 5.41. The van der Waals surface area contributed by atoms with Crippen LogP contribution in [-0.4, -0.2) is 30.4 Å². The fraction of sp³-hybridized carbons (Fsp3) is 0.0667. The number of sulfone groups is 1. The maximum atomic E-state index is 13.0. The van der Waals surface area contributed by atoms with Crippen molar-refractivity contribution in [1.29, 1.82) is 0 Å². The highest BCUT2D eigenvalue weighted by molar-refractivity contribution is 7.90. The molecule has 0 aliphatic rings. The van der Waals surface area contributed by atoms with Gasteiger partial charge in [-0.15, -0.1) is 11.3 Å². The van der Waals surface area contributed by atoms with Gasteiger partial charge in [0.25, 0.3) is 5.91 Å². The van der Waals surface area contributed by atoms with Crippen molar-refractivity contribution in [2.45, 2.75) is 4.90 Å². The fourth-order valence-electron chi connectivity index (χ4n) is 2.05. The van der Waals surface area contributed by atoms with E-state index in [0.717, 1.165) is 23.8 Å². The summed E-state index contributed by atoms with van der Waals surface area (Å²) < 4.78 is 37.6. The summed E-state index contributed by atoms with van der Waals surface area (Å²) in [6.07, 6.45) is 3.31. The Kier molecular flexibility index (Phi) is 4.63. The van der Waals surface area contributed by atoms with Gasteiger partial charge in [0.15, 0.2) is 15.7 Å². The van der Waals surface area contributed by atoms with Crippen molar-refractivity contribution in [3.8, 4) is 5.69 Å². The molecule has 0 radical (unpaired) electrons. The molecule has 130 valence electrons. The van der Waals surface area contributed by atoms with E-state index in [1.807, 2.05) is 0 Å². The first kappa shape index (κ1) is 17.6. The van der Waals surface area contributed by atoms with Crippen LogP contribution < -0.4 is 5.32 Å². The molecule has 10 heteroatoms. The van der Waals surface area contributed by atoms with Crippen molar-refractivity contribution in [2.24, 2.45) is 0 Å². The Morgan fingerprint density at radius 2 is 2.08 bits per heavy atom. The third kappa shape index (κ3) is 4.06. The number of thiophene rings is 1. The summed E-state index contributed by atoms with van der Waals surface area (Å²) in [5.41, 5.74) is 0.806. The standard InChI is InChI=1S/C15H11ClFN3O3S2/c1-25(22,23)13-3-9(16)2-11(4-13)19-15(21)14-5-12(8-24-14)20-7-10(17)6-18-20/h2-8H,1H3,(H,19,21). The number of anilines is 1. The Morgan fingerprint density at radius 3 is 2.72 bits per heavy atom. The summed E-state index contributed by atoms with van der Waals surface area (Å²) in [6.45, 7) is 0. The van der Waals surface area contributed by atoms with E-state index in [4.69, 9.17) is 11.6 Å². The van der Waals surface area contributed by atoms with E-state index >= 15 is 0 Å². The molecule has 0 saturated carbocycles. The largest absolute Gasteiger partial charge is 0.321 e. The molecule has 0 aliphatic heterocycles. The fourth-order valence-corrected chi connectivity index (χ4v) is 3.80. The van der Waals surface area contributed by atoms with Crippen LogP contribution >= 0.6 is 22.9 Å². The van der Waals surface area contributed by atoms with Crippen LogP contribution in [0.1, 0.15) is 9.67 Å². The van der Waals surface area contributed by atoms with Gasteiger partial charge in [-0.3, -0.25) is 4.79 Å². The maximum Gasteiger partial charge on any atom is 0.265 e. The second-order valence-corrected chi connectivity index (χ2v) is 8.54. The molecule has 2 aromatic heterocycles. The average Bonchev–Trinajstić information content (AvgIpc) is 3.14. The number of hydrogen-bond donors (Lipinski definition) is 1. The van der Waals surface area contributed by atoms with E-state index in [0.29, 0.717) is 10.6 Å². The van der Waals surface area contributed by atoms with Crippen LogP contribution in [-0.2, 0) is 9.84 Å². The van der Waals surface area contributed by atoms with Gasteiger partial charge >= 0.3 is 0 Å². The molecule has 0 atom stereocenters. The molecule has 3 aromatic rings. The smallest absolute Gasteiger partial charge is 0.265 e. The van der Waals surface area contributed by atoms with E-state index in [1.54, 1.807) is 11.4 Å². The van der Waals surface area contributed by atoms with E-state index < -0.39 is 21.6 Å². The highest BCUT2D eigenvalue weighted by Gasteiger charge is 2.14. The zero-order valence-corrected chi connectivity index (χ0v) is 15.1. The lowest BCUT2D eigenvalue weighted by molar-refractivity contribution is 0.103. The van der Waals surface area contributed by atoms with Gasteiger partial charge in [-0.25, -0.2) is 17.5 Å². The Bertz CT molecular complexity index is 1060. The molecule has 6 nitrogen and oxygen atoms in total. The first-order chi connectivity index (χ1) is 11.7. The number of benzene rings is 1. The predicted molar refractivity (Wildman–Crippen MR) is 93.9 cm³/mol. The Morgan fingerprint density at radius 1 is 1.32 bits per heavy atom. The highest BCUT2D eigenvalue weighted by atomic mass is 35.5. The lowest BCUT2D eigenvalue weighted by Crippen LogP contribution is -2.11. The third-order valence-electron chi connectivity index (χ3n) is 3.18. The lowest BCUT2D eigenvalue weighted by Gasteiger charge is -2.07. The van der Waals surface area contributed by atoms with Gasteiger partial charge in [0.1, 0.15) is 0 Å². The second kappa shape index (κ2) is 6.58. The number of nitrogens with one attached hydrogen (secondary N) is 1. The highest BCUT2D eigenvalue weighted by Crippen LogP contribution is 2.24. The number of carbonyl (C=O) groups is 1. The van der Waals surface area contributed by atoms with Gasteiger partial charge in [-0.05, 0) is 24.3 Å². The zero-order valence-electron chi connectivity index (χ0n) is 12.7. The number of hydrogen-bond acceptors (Lipinski definition) is 5. The topological polar surface area (TPSA) is 81.1 Å². The van der Waals surface area contributed by atoms with E-state index in [1.165, 1.54) is 29.1 Å². The van der Waals surface area contributed by atoms with E-state index in [9.17, 15) is 17.6 Å². The molecule has 1 amide bonds. The number of nitrogens with zero attached hydrogens (tertiary/aromatic N) is 2. The Balaban J connectivity index is 1.84. The monoisotopic (exact) mass is 399 g/mol. The van der Waals surface area contributed by atoms with Gasteiger partial charge in [-0.1, -0.05) is 11.6 Å². The summed E-state index contributed by atoms with van der Waals surface area (Å²) in [5, 5.41) is 8.27. The molecule has 3 rings (SSSR count). The summed E-state index contributed by atoms with van der Waals surface area (Å²) in [6, 6.07) is 5.64. The molecule has 25 heavy (non-hydrogen) atoms. The molecular formula is C15H11ClFN3O3S2. The molecule has 0 bridgehead atoms. The summed E-state index contributed by atoms with van der Waals surface area (Å²) in [4.78, 5) is 12.7. The minimum atomic E-state index is -3.46. The minimum Gasteiger partial charge on any atom is -0.321 e. The van der Waals surface area contributed by atoms with Gasteiger partial charge in [0.2, 0.25) is 0 Å². The summed E-state index contributed by atoms with van der Waals surface area (Å²) in [7, 11) is -3.46. The van der Waals surface area contributed by atoms with Crippen LogP contribution in [0.4, 0.5) is 10.1 Å². The maximum absolute atomic E-state index is 13.0. The van der Waals surface area contributed by atoms with Crippen LogP contribution in [0.25, 0.3) is 5.69 Å². The molecular weight excluding hydrogens is 389 g/mol. The second-order valence-electron chi connectivity index (χ2n) is 5.17. The average molecular weight is 400 g/mol. The molecule has 0 fully saturated rings. The normalized spacial score (nSPS) is 11.5.